The molecule has 3 aliphatic rings. The number of anilines is 1. The molecule has 2 bridgehead atoms. The fourth-order valence-corrected chi connectivity index (χ4v) is 5.09. The number of nitrogens with one attached hydrogen (secondary N) is 1. The summed E-state index contributed by atoms with van der Waals surface area (Å²) in [6.45, 7) is 4.91. The molecule has 7 nitrogen and oxygen atoms in total. The van der Waals surface area contributed by atoms with Crippen molar-refractivity contribution in [2.75, 3.05) is 18.5 Å². The first kappa shape index (κ1) is 19.9. The zero-order chi connectivity index (χ0) is 21.8. The van der Waals surface area contributed by atoms with Crippen molar-refractivity contribution in [1.29, 1.82) is 0 Å². The molecule has 1 saturated carbocycles. The number of rotatable bonds is 4. The standard InChI is InChI=1S/C23H27FN6O/c1-22-8-9-23(2,26-13-22)20(24)21(22)29(3)19-7-6-17(27-28-19)16-5-4-15(12-18(16)31)30-11-10-25-14-30/h4-7,10-12,14,20-21,26,31H,8-9,13H2,1-3H3/t20-,21+,22+,23+/m0/s1. The van der Waals surface area contributed by atoms with E-state index in [9.17, 15) is 5.11 Å². The highest BCUT2D eigenvalue weighted by atomic mass is 19.1. The van der Waals surface area contributed by atoms with Crippen LogP contribution < -0.4 is 10.2 Å². The first-order valence-electron chi connectivity index (χ1n) is 10.6. The molecule has 8 heteroatoms. The first-order valence-corrected chi connectivity index (χ1v) is 10.6. The van der Waals surface area contributed by atoms with E-state index in [0.717, 1.165) is 25.1 Å². The quantitative estimate of drug-likeness (QED) is 0.671. The van der Waals surface area contributed by atoms with Crippen LogP contribution in [-0.4, -0.2) is 56.2 Å². The van der Waals surface area contributed by atoms with Crippen LogP contribution in [-0.2, 0) is 0 Å². The number of piperidine rings is 2. The fourth-order valence-electron chi connectivity index (χ4n) is 5.09. The SMILES string of the molecule is CN(c1ccc(-c2ccc(-n3ccnc3)cc2O)nn1)[C@@H]1[C@H](F)[C@@]2(C)CC[C@]1(C)CN2. The van der Waals surface area contributed by atoms with Gasteiger partial charge in [-0.3, -0.25) is 0 Å². The van der Waals surface area contributed by atoms with Gasteiger partial charge in [0.25, 0.3) is 0 Å². The average molecular weight is 423 g/mol. The number of nitrogens with zero attached hydrogens (tertiary/aromatic N) is 5. The van der Waals surface area contributed by atoms with Gasteiger partial charge in [-0.2, -0.15) is 0 Å². The Hall–Kier alpha value is -3.00. The number of hydrogen-bond acceptors (Lipinski definition) is 6. The maximum atomic E-state index is 15.5. The fraction of sp³-hybridized carbons (Fsp3) is 0.435. The van der Waals surface area contributed by atoms with Crippen molar-refractivity contribution in [3.63, 3.8) is 0 Å². The van der Waals surface area contributed by atoms with Crippen molar-refractivity contribution in [3.05, 3.63) is 49.1 Å². The summed E-state index contributed by atoms with van der Waals surface area (Å²) in [4.78, 5) is 5.96. The van der Waals surface area contributed by atoms with Crippen LogP contribution in [0.3, 0.4) is 0 Å². The lowest BCUT2D eigenvalue weighted by atomic mass is 9.60. The van der Waals surface area contributed by atoms with Crippen LogP contribution in [0.15, 0.2) is 49.1 Å². The maximum absolute atomic E-state index is 15.5. The van der Waals surface area contributed by atoms with Gasteiger partial charge in [0, 0.05) is 48.6 Å². The van der Waals surface area contributed by atoms with Crippen LogP contribution in [0.2, 0.25) is 0 Å². The van der Waals surface area contributed by atoms with Gasteiger partial charge in [-0.25, -0.2) is 9.37 Å². The van der Waals surface area contributed by atoms with Crippen molar-refractivity contribution in [2.24, 2.45) is 5.41 Å². The number of phenolic OH excluding ortho intramolecular Hbond substituents is 1. The monoisotopic (exact) mass is 422 g/mol. The van der Waals surface area contributed by atoms with Crippen molar-refractivity contribution in [2.45, 2.75) is 44.4 Å². The molecule has 3 aromatic rings. The van der Waals surface area contributed by atoms with Crippen molar-refractivity contribution >= 4 is 5.82 Å². The van der Waals surface area contributed by atoms with Gasteiger partial charge in [0.05, 0.1) is 23.8 Å². The van der Waals surface area contributed by atoms with E-state index >= 15 is 4.39 Å². The molecule has 3 fully saturated rings. The summed E-state index contributed by atoms with van der Waals surface area (Å²) in [6, 6.07) is 8.76. The largest absolute Gasteiger partial charge is 0.507 e. The van der Waals surface area contributed by atoms with E-state index in [4.69, 9.17) is 0 Å². The molecule has 2 saturated heterocycles. The number of benzene rings is 1. The van der Waals surface area contributed by atoms with Crippen molar-refractivity contribution < 1.29 is 9.50 Å². The molecule has 4 heterocycles. The summed E-state index contributed by atoms with van der Waals surface area (Å²) in [5, 5.41) is 22.6. The van der Waals surface area contributed by atoms with E-state index in [1.807, 2.05) is 53.9 Å². The smallest absolute Gasteiger partial charge is 0.151 e. The Bertz CT molecular complexity index is 1080. The molecule has 0 amide bonds. The molecular weight excluding hydrogens is 395 g/mol. The van der Waals surface area contributed by atoms with E-state index < -0.39 is 11.7 Å². The van der Waals surface area contributed by atoms with E-state index in [2.05, 4.69) is 27.4 Å². The number of hydrogen-bond donors (Lipinski definition) is 2. The molecule has 1 aliphatic carbocycles. The van der Waals surface area contributed by atoms with Gasteiger partial charge in [0.15, 0.2) is 5.82 Å². The minimum absolute atomic E-state index is 0.113. The first-order chi connectivity index (χ1) is 14.8. The number of aromatic hydroxyl groups is 1. The van der Waals surface area contributed by atoms with Crippen molar-refractivity contribution in [1.82, 2.24) is 25.1 Å². The van der Waals surface area contributed by atoms with E-state index in [0.29, 0.717) is 17.1 Å². The Balaban J connectivity index is 1.40. The van der Waals surface area contributed by atoms with Crippen LogP contribution in [0.1, 0.15) is 26.7 Å². The molecule has 0 radical (unpaired) electrons. The average Bonchev–Trinajstić information content (AvgIpc) is 3.30. The molecule has 2 N–H and O–H groups in total. The van der Waals surface area contributed by atoms with Crippen LogP contribution >= 0.6 is 0 Å². The van der Waals surface area contributed by atoms with Gasteiger partial charge >= 0.3 is 0 Å². The Kier molecular flexibility index (Phi) is 4.51. The van der Waals surface area contributed by atoms with Crippen LogP contribution in [0.4, 0.5) is 10.2 Å². The molecule has 0 spiro atoms. The molecule has 2 aliphatic heterocycles. The number of fused-ring (bicyclic) bond motifs is 3. The van der Waals surface area contributed by atoms with Gasteiger partial charge in [0.2, 0.25) is 0 Å². The van der Waals surface area contributed by atoms with Gasteiger partial charge in [0.1, 0.15) is 11.9 Å². The predicted molar refractivity (Wildman–Crippen MR) is 117 cm³/mol. The molecule has 0 unspecified atom stereocenters. The minimum atomic E-state index is -0.994. The third-order valence-electron chi connectivity index (χ3n) is 7.20. The maximum Gasteiger partial charge on any atom is 0.151 e. The number of phenols is 1. The lowest BCUT2D eigenvalue weighted by molar-refractivity contribution is -0.0411. The Morgan fingerprint density at radius 1 is 1.19 bits per heavy atom. The Morgan fingerprint density at radius 3 is 2.65 bits per heavy atom. The molecule has 6 rings (SSSR count). The normalized spacial score (nSPS) is 29.8. The van der Waals surface area contributed by atoms with Crippen LogP contribution in [0.5, 0.6) is 5.75 Å². The predicted octanol–water partition coefficient (Wildman–Crippen LogP) is 3.34. The summed E-state index contributed by atoms with van der Waals surface area (Å²) in [5.74, 6) is 0.741. The minimum Gasteiger partial charge on any atom is -0.507 e. The Labute approximate surface area is 180 Å². The number of aromatic nitrogens is 4. The second-order valence-corrected chi connectivity index (χ2v) is 9.33. The highest BCUT2D eigenvalue weighted by Gasteiger charge is 2.58. The van der Waals surface area contributed by atoms with Crippen LogP contribution in [0.25, 0.3) is 16.9 Å². The van der Waals surface area contributed by atoms with E-state index in [-0.39, 0.29) is 17.2 Å². The lowest BCUT2D eigenvalue weighted by Gasteiger charge is -2.60. The summed E-state index contributed by atoms with van der Waals surface area (Å²) >= 11 is 0. The van der Waals surface area contributed by atoms with Gasteiger partial charge in [-0.1, -0.05) is 6.92 Å². The van der Waals surface area contributed by atoms with Crippen LogP contribution in [0, 0.1) is 5.41 Å². The second kappa shape index (κ2) is 7.02. The Morgan fingerprint density at radius 2 is 2.03 bits per heavy atom. The number of halogens is 1. The van der Waals surface area contributed by atoms with E-state index in [1.165, 1.54) is 0 Å². The molecule has 162 valence electrons. The zero-order valence-corrected chi connectivity index (χ0v) is 18.0. The molecule has 1 aromatic carbocycles. The molecular formula is C23H27FN6O. The third kappa shape index (κ3) is 3.17. The van der Waals surface area contributed by atoms with Gasteiger partial charge in [-0.15, -0.1) is 10.2 Å². The number of imidazole rings is 1. The number of alkyl halides is 1. The summed E-state index contributed by atoms with van der Waals surface area (Å²) < 4.78 is 17.3. The van der Waals surface area contributed by atoms with Gasteiger partial charge in [-0.05, 0) is 44.0 Å². The molecule has 31 heavy (non-hydrogen) atoms. The van der Waals surface area contributed by atoms with Gasteiger partial charge < -0.3 is 19.9 Å². The molecule has 2 aromatic heterocycles. The summed E-state index contributed by atoms with van der Waals surface area (Å²) in [7, 11) is 1.90. The third-order valence-corrected chi connectivity index (χ3v) is 7.20. The molecule has 4 atom stereocenters. The summed E-state index contributed by atoms with van der Waals surface area (Å²) in [6.07, 6.45) is 5.99. The lowest BCUT2D eigenvalue weighted by Crippen LogP contribution is -2.74. The summed E-state index contributed by atoms with van der Waals surface area (Å²) in [5.41, 5.74) is 1.31. The highest BCUT2D eigenvalue weighted by molar-refractivity contribution is 5.69. The highest BCUT2D eigenvalue weighted by Crippen LogP contribution is 2.49. The second-order valence-electron chi connectivity index (χ2n) is 9.33. The van der Waals surface area contributed by atoms with E-state index in [1.54, 1.807) is 18.6 Å². The topological polar surface area (TPSA) is 79.1 Å². The zero-order valence-electron chi connectivity index (χ0n) is 18.0. The van der Waals surface area contributed by atoms with Crippen molar-refractivity contribution in [3.8, 4) is 22.7 Å².